The van der Waals surface area contributed by atoms with Crippen LogP contribution in [0.4, 0.5) is 0 Å². The molecule has 0 aliphatic rings. The summed E-state index contributed by atoms with van der Waals surface area (Å²) in [5, 5.41) is 9.93. The van der Waals surface area contributed by atoms with Gasteiger partial charge in [-0.1, -0.05) is 90.4 Å². The molecule has 1 aromatic rings. The van der Waals surface area contributed by atoms with E-state index in [0.29, 0.717) is 23.7 Å². The first-order chi connectivity index (χ1) is 15.6. The van der Waals surface area contributed by atoms with E-state index < -0.39 is 0 Å². The van der Waals surface area contributed by atoms with Gasteiger partial charge in [0.15, 0.2) is 11.5 Å². The number of ether oxygens (including phenoxy) is 3. The number of esters is 1. The number of phenols is 1. The van der Waals surface area contributed by atoms with Gasteiger partial charge in [0.1, 0.15) is 0 Å². The van der Waals surface area contributed by atoms with Gasteiger partial charge >= 0.3 is 5.97 Å². The van der Waals surface area contributed by atoms with Crippen LogP contribution >= 0.6 is 0 Å². The average molecular weight is 449 g/mol. The third kappa shape index (κ3) is 12.6. The predicted molar refractivity (Wildman–Crippen MR) is 132 cm³/mol. The number of benzene rings is 1. The van der Waals surface area contributed by atoms with E-state index in [2.05, 4.69) is 6.92 Å². The van der Waals surface area contributed by atoms with E-state index in [1.165, 1.54) is 97.3 Å². The van der Waals surface area contributed by atoms with Gasteiger partial charge in [0.05, 0.1) is 20.8 Å². The lowest BCUT2D eigenvalue weighted by molar-refractivity contribution is -0.137. The molecule has 32 heavy (non-hydrogen) atoms. The number of unbranched alkanes of at least 4 members (excludes halogenated alkanes) is 13. The lowest BCUT2D eigenvalue weighted by atomic mass is 10.0. The fourth-order valence-corrected chi connectivity index (χ4v) is 3.69. The van der Waals surface area contributed by atoms with Crippen LogP contribution in [0, 0.1) is 0 Å². The average Bonchev–Trinajstić information content (AvgIpc) is 2.80. The number of carbonyl (C=O) groups excluding carboxylic acids is 1. The Balaban J connectivity index is 2.04. The molecule has 0 saturated heterocycles. The van der Waals surface area contributed by atoms with Crippen LogP contribution in [0.5, 0.6) is 17.2 Å². The minimum Gasteiger partial charge on any atom is -0.502 e. The van der Waals surface area contributed by atoms with Crippen molar-refractivity contribution in [2.45, 2.75) is 96.8 Å². The molecular weight excluding hydrogens is 404 g/mol. The van der Waals surface area contributed by atoms with Crippen molar-refractivity contribution in [1.82, 2.24) is 0 Å². The zero-order valence-corrected chi connectivity index (χ0v) is 20.5. The molecule has 5 heteroatoms. The molecule has 0 aliphatic carbocycles. The van der Waals surface area contributed by atoms with Crippen LogP contribution in [-0.2, 0) is 9.53 Å². The molecule has 182 valence electrons. The highest BCUT2D eigenvalue weighted by molar-refractivity contribution is 5.87. The maximum atomic E-state index is 11.9. The summed E-state index contributed by atoms with van der Waals surface area (Å²) < 4.78 is 15.5. The summed E-state index contributed by atoms with van der Waals surface area (Å²) >= 11 is 0. The van der Waals surface area contributed by atoms with Crippen LogP contribution in [0.1, 0.15) is 102 Å². The summed E-state index contributed by atoms with van der Waals surface area (Å²) in [5.41, 5.74) is 0.685. The first-order valence-electron chi connectivity index (χ1n) is 12.4. The SMILES string of the molecule is CCCCCCCCCCCCCCCCOC(=O)C=Cc1cc(OC)c(O)c(OC)c1. The normalized spacial score (nSPS) is 11.1. The lowest BCUT2D eigenvalue weighted by Gasteiger charge is -2.09. The molecule has 0 aromatic heterocycles. The number of carbonyl (C=O) groups is 1. The summed E-state index contributed by atoms with van der Waals surface area (Å²) in [4.78, 5) is 11.9. The van der Waals surface area contributed by atoms with Crippen molar-refractivity contribution in [3.8, 4) is 17.2 Å². The van der Waals surface area contributed by atoms with Gasteiger partial charge in [-0.25, -0.2) is 4.79 Å². The molecule has 0 amide bonds. The zero-order valence-electron chi connectivity index (χ0n) is 20.5. The Morgan fingerprint density at radius 2 is 1.22 bits per heavy atom. The third-order valence-electron chi connectivity index (χ3n) is 5.66. The second-order valence-electron chi connectivity index (χ2n) is 8.37. The second kappa shape index (κ2) is 18.4. The number of aromatic hydroxyl groups is 1. The smallest absolute Gasteiger partial charge is 0.330 e. The number of hydrogen-bond donors (Lipinski definition) is 1. The molecule has 0 radical (unpaired) electrons. The highest BCUT2D eigenvalue weighted by atomic mass is 16.5. The van der Waals surface area contributed by atoms with E-state index in [0.717, 1.165) is 12.8 Å². The van der Waals surface area contributed by atoms with Gasteiger partial charge < -0.3 is 19.3 Å². The Morgan fingerprint density at radius 3 is 1.66 bits per heavy atom. The van der Waals surface area contributed by atoms with Crippen molar-refractivity contribution < 1.29 is 24.1 Å². The number of rotatable bonds is 19. The first-order valence-corrected chi connectivity index (χ1v) is 12.4. The van der Waals surface area contributed by atoms with E-state index in [-0.39, 0.29) is 11.7 Å². The standard InChI is InChI=1S/C27H44O5/c1-4-5-6-7-8-9-10-11-12-13-14-15-16-17-20-32-26(28)19-18-23-21-24(30-2)27(29)25(22-23)31-3/h18-19,21-22,29H,4-17,20H2,1-3H3. The summed E-state index contributed by atoms with van der Waals surface area (Å²) in [7, 11) is 2.93. The fourth-order valence-electron chi connectivity index (χ4n) is 3.69. The maximum Gasteiger partial charge on any atom is 0.330 e. The van der Waals surface area contributed by atoms with Crippen LogP contribution in [0.25, 0.3) is 6.08 Å². The van der Waals surface area contributed by atoms with Crippen LogP contribution < -0.4 is 9.47 Å². The van der Waals surface area contributed by atoms with Crippen molar-refractivity contribution in [1.29, 1.82) is 0 Å². The Labute approximate surface area is 195 Å². The van der Waals surface area contributed by atoms with Crippen molar-refractivity contribution in [2.75, 3.05) is 20.8 Å². The van der Waals surface area contributed by atoms with Gasteiger partial charge in [0.2, 0.25) is 5.75 Å². The molecule has 0 aliphatic heterocycles. The lowest BCUT2D eigenvalue weighted by Crippen LogP contribution is -2.02. The Kier molecular flexibility index (Phi) is 16.0. The summed E-state index contributed by atoms with van der Waals surface area (Å²) in [6.07, 6.45) is 21.3. The number of hydrogen-bond acceptors (Lipinski definition) is 5. The molecule has 1 aromatic carbocycles. The Bertz CT molecular complexity index is 628. The highest BCUT2D eigenvalue weighted by Crippen LogP contribution is 2.37. The van der Waals surface area contributed by atoms with Gasteiger partial charge in [0.25, 0.3) is 0 Å². The molecule has 0 saturated carbocycles. The molecular formula is C27H44O5. The van der Waals surface area contributed by atoms with Crippen LogP contribution in [-0.4, -0.2) is 31.9 Å². The monoisotopic (exact) mass is 448 g/mol. The predicted octanol–water partition coefficient (Wildman–Crippen LogP) is 7.45. The van der Waals surface area contributed by atoms with Gasteiger partial charge in [-0.15, -0.1) is 0 Å². The number of phenolic OH excluding ortho intramolecular Hbond substituents is 1. The molecule has 0 spiro atoms. The quantitative estimate of drug-likeness (QED) is 0.135. The van der Waals surface area contributed by atoms with Crippen molar-refractivity contribution in [3.05, 3.63) is 23.8 Å². The molecule has 0 bridgehead atoms. The second-order valence-corrected chi connectivity index (χ2v) is 8.37. The van der Waals surface area contributed by atoms with Crippen LogP contribution in [0.15, 0.2) is 18.2 Å². The third-order valence-corrected chi connectivity index (χ3v) is 5.66. The molecule has 1 N–H and O–H groups in total. The van der Waals surface area contributed by atoms with E-state index in [1.807, 2.05) is 0 Å². The van der Waals surface area contributed by atoms with Crippen molar-refractivity contribution in [2.24, 2.45) is 0 Å². The van der Waals surface area contributed by atoms with E-state index in [1.54, 1.807) is 18.2 Å². The number of methoxy groups -OCH3 is 2. The van der Waals surface area contributed by atoms with Gasteiger partial charge in [-0.05, 0) is 30.2 Å². The molecule has 5 nitrogen and oxygen atoms in total. The molecule has 1 rings (SSSR count). The minimum absolute atomic E-state index is 0.0625. The summed E-state index contributed by atoms with van der Waals surface area (Å²) in [6.45, 7) is 2.71. The van der Waals surface area contributed by atoms with Crippen molar-refractivity contribution >= 4 is 12.0 Å². The van der Waals surface area contributed by atoms with E-state index >= 15 is 0 Å². The molecule has 0 unspecified atom stereocenters. The van der Waals surface area contributed by atoms with Crippen LogP contribution in [0.2, 0.25) is 0 Å². The van der Waals surface area contributed by atoms with Crippen LogP contribution in [0.3, 0.4) is 0 Å². The molecule has 0 heterocycles. The van der Waals surface area contributed by atoms with E-state index in [4.69, 9.17) is 14.2 Å². The Morgan fingerprint density at radius 1 is 0.781 bits per heavy atom. The van der Waals surface area contributed by atoms with Crippen molar-refractivity contribution in [3.63, 3.8) is 0 Å². The van der Waals surface area contributed by atoms with Gasteiger partial charge in [-0.3, -0.25) is 0 Å². The molecule has 0 fully saturated rings. The Hall–Kier alpha value is -2.17. The largest absolute Gasteiger partial charge is 0.502 e. The maximum absolute atomic E-state index is 11.9. The molecule has 0 atom stereocenters. The zero-order chi connectivity index (χ0) is 23.4. The fraction of sp³-hybridized carbons (Fsp3) is 0.667. The summed E-state index contributed by atoms with van der Waals surface area (Å²) in [5.74, 6) is 0.151. The minimum atomic E-state index is -0.370. The van der Waals surface area contributed by atoms with E-state index in [9.17, 15) is 9.90 Å². The topological polar surface area (TPSA) is 65.0 Å². The first kappa shape index (κ1) is 27.9. The van der Waals surface area contributed by atoms with Gasteiger partial charge in [-0.2, -0.15) is 0 Å². The highest BCUT2D eigenvalue weighted by Gasteiger charge is 2.10. The summed E-state index contributed by atoms with van der Waals surface area (Å²) in [6, 6.07) is 3.27. The van der Waals surface area contributed by atoms with Gasteiger partial charge in [0, 0.05) is 6.08 Å².